The Morgan fingerprint density at radius 2 is 2.00 bits per heavy atom. The Kier molecular flexibility index (Phi) is 9.07. The van der Waals surface area contributed by atoms with Crippen molar-refractivity contribution < 1.29 is 39.1 Å². The fourth-order valence-corrected chi connectivity index (χ4v) is 6.41. The number of ether oxygens (including phenoxy) is 2. The van der Waals surface area contributed by atoms with Crippen LogP contribution in [0.1, 0.15) is 31.4 Å². The predicted octanol–water partition coefficient (Wildman–Crippen LogP) is 0.494. The van der Waals surface area contributed by atoms with Crippen LogP contribution in [0.15, 0.2) is 24.4 Å². The second-order valence-electron chi connectivity index (χ2n) is 9.88. The summed E-state index contributed by atoms with van der Waals surface area (Å²) in [6.07, 6.45) is -1.93. The molecule has 6 atom stereocenters. The highest BCUT2D eigenvalue weighted by molar-refractivity contribution is 8.01. The molecule has 2 aliphatic rings. The highest BCUT2D eigenvalue weighted by atomic mass is 32.2. The van der Waals surface area contributed by atoms with Crippen LogP contribution in [0.5, 0.6) is 0 Å². The number of aliphatic hydroxyl groups is 4. The molecule has 2 saturated heterocycles. The van der Waals surface area contributed by atoms with Crippen LogP contribution in [0.2, 0.25) is 0 Å². The molecular weight excluding hydrogens is 519 g/mol. The summed E-state index contributed by atoms with van der Waals surface area (Å²) in [5, 5.41) is 50.9. The zero-order valence-electron chi connectivity index (χ0n) is 21.6. The lowest BCUT2D eigenvalue weighted by Gasteiger charge is -2.45. The number of hydrogen-bond acceptors (Lipinski definition) is 10. The van der Waals surface area contributed by atoms with E-state index in [1.54, 1.807) is 20.0 Å². The number of benzene rings is 1. The third-order valence-corrected chi connectivity index (χ3v) is 8.76. The molecule has 3 heterocycles. The summed E-state index contributed by atoms with van der Waals surface area (Å²) in [5.74, 6) is -0.762. The van der Waals surface area contributed by atoms with Crippen molar-refractivity contribution in [3.8, 4) is 11.3 Å². The number of nitrogens with zero attached hydrogens (tertiary/aromatic N) is 4. The van der Waals surface area contributed by atoms with Crippen LogP contribution in [-0.2, 0) is 14.3 Å². The molecule has 1 aromatic carbocycles. The first-order chi connectivity index (χ1) is 18.1. The second kappa shape index (κ2) is 11.9. The first-order valence-corrected chi connectivity index (χ1v) is 13.5. The molecule has 13 heteroatoms. The smallest absolute Gasteiger partial charge is 0.238 e. The van der Waals surface area contributed by atoms with Gasteiger partial charge in [-0.3, -0.25) is 4.79 Å². The van der Waals surface area contributed by atoms with Crippen LogP contribution >= 0.6 is 11.8 Å². The largest absolute Gasteiger partial charge is 0.394 e. The van der Waals surface area contributed by atoms with E-state index in [0.29, 0.717) is 23.4 Å². The van der Waals surface area contributed by atoms with Crippen molar-refractivity contribution in [2.24, 2.45) is 0 Å². The first kappa shape index (κ1) is 28.9. The molecule has 1 amide bonds. The number of amides is 1. The van der Waals surface area contributed by atoms with Gasteiger partial charge in [-0.25, -0.2) is 9.07 Å². The van der Waals surface area contributed by atoms with Crippen molar-refractivity contribution >= 4 is 17.7 Å². The molecule has 2 aliphatic heterocycles. The standard InChI is InChI=1S/C25H35FN4O7S/c1-4-29(3)23(34)22(25(35)5-7-36-8-6-25)38-24-21(33)19(20(32)18(13-31)37-24)30-12-17(27-28-30)15-9-14(2)10-16(26)11-15/h9-12,18-22,24,31-33,35H,4-8,13H2,1-3H3/t18-,19+,20+,21-,22?,24+/m1/s1. The highest BCUT2D eigenvalue weighted by Crippen LogP contribution is 2.42. The van der Waals surface area contributed by atoms with Gasteiger partial charge in [0.05, 0.1) is 18.4 Å². The molecule has 0 spiro atoms. The van der Waals surface area contributed by atoms with Crippen LogP contribution in [0.3, 0.4) is 0 Å². The molecule has 0 radical (unpaired) electrons. The van der Waals surface area contributed by atoms with Crippen LogP contribution in [0.4, 0.5) is 4.39 Å². The summed E-state index contributed by atoms with van der Waals surface area (Å²) in [6, 6.07) is 3.33. The van der Waals surface area contributed by atoms with Crippen molar-refractivity contribution in [3.63, 3.8) is 0 Å². The van der Waals surface area contributed by atoms with Gasteiger partial charge in [0.1, 0.15) is 46.6 Å². The molecule has 0 bridgehead atoms. The SMILES string of the molecule is CCN(C)C(=O)C(S[C@@H]1O[C@H](CO)[C@H](O)[C@H](n2cc(-c3cc(C)cc(F)c3)nn2)[C@H]1O)C1(O)CCOCC1. The van der Waals surface area contributed by atoms with Crippen molar-refractivity contribution in [1.29, 1.82) is 0 Å². The normalized spacial score (nSPS) is 28.2. The third-order valence-electron chi connectivity index (χ3n) is 7.19. The van der Waals surface area contributed by atoms with Gasteiger partial charge in [-0.15, -0.1) is 16.9 Å². The Labute approximate surface area is 224 Å². The fraction of sp³-hybridized carbons (Fsp3) is 0.640. The van der Waals surface area contributed by atoms with E-state index < -0.39 is 53.1 Å². The van der Waals surface area contributed by atoms with Gasteiger partial charge in [-0.1, -0.05) is 5.21 Å². The zero-order chi connectivity index (χ0) is 27.6. The molecule has 4 rings (SSSR count). The van der Waals surface area contributed by atoms with Crippen LogP contribution < -0.4 is 0 Å². The van der Waals surface area contributed by atoms with E-state index in [1.165, 1.54) is 27.9 Å². The van der Waals surface area contributed by atoms with Gasteiger partial charge in [0, 0.05) is 45.2 Å². The molecular formula is C25H35FN4O7S. The number of aliphatic hydroxyl groups excluding tert-OH is 3. The minimum atomic E-state index is -1.40. The Morgan fingerprint density at radius 3 is 2.63 bits per heavy atom. The van der Waals surface area contributed by atoms with Crippen LogP contribution in [-0.4, -0.2) is 114 Å². The van der Waals surface area contributed by atoms with Gasteiger partial charge in [0.15, 0.2) is 0 Å². The summed E-state index contributed by atoms with van der Waals surface area (Å²) >= 11 is 0.955. The number of aryl methyl sites for hydroxylation is 1. The lowest BCUT2D eigenvalue weighted by molar-refractivity contribution is -0.179. The van der Waals surface area contributed by atoms with Crippen LogP contribution in [0, 0.1) is 12.7 Å². The molecule has 1 aromatic heterocycles. The van der Waals surface area contributed by atoms with E-state index in [-0.39, 0.29) is 32.0 Å². The highest BCUT2D eigenvalue weighted by Gasteiger charge is 2.51. The van der Waals surface area contributed by atoms with E-state index in [0.717, 1.165) is 11.8 Å². The number of aromatic nitrogens is 3. The van der Waals surface area contributed by atoms with E-state index in [4.69, 9.17) is 9.47 Å². The van der Waals surface area contributed by atoms with Crippen molar-refractivity contribution in [1.82, 2.24) is 19.9 Å². The Hall–Kier alpha value is -2.13. The Balaban J connectivity index is 1.64. The molecule has 11 nitrogen and oxygen atoms in total. The van der Waals surface area contributed by atoms with Crippen molar-refractivity contribution in [2.45, 2.75) is 67.3 Å². The molecule has 4 N–H and O–H groups in total. The monoisotopic (exact) mass is 554 g/mol. The average molecular weight is 555 g/mol. The number of rotatable bonds is 8. The predicted molar refractivity (Wildman–Crippen MR) is 137 cm³/mol. The van der Waals surface area contributed by atoms with Crippen molar-refractivity contribution in [2.75, 3.05) is 33.4 Å². The topological polar surface area (TPSA) is 150 Å². The summed E-state index contributed by atoms with van der Waals surface area (Å²) in [6.45, 7) is 3.99. The Bertz CT molecular complexity index is 1090. The first-order valence-electron chi connectivity index (χ1n) is 12.6. The van der Waals surface area contributed by atoms with Gasteiger partial charge in [0.2, 0.25) is 5.91 Å². The van der Waals surface area contributed by atoms with Gasteiger partial charge in [-0.2, -0.15) is 0 Å². The fourth-order valence-electron chi connectivity index (χ4n) is 4.82. The lowest BCUT2D eigenvalue weighted by Crippen LogP contribution is -2.58. The number of thioether (sulfide) groups is 1. The summed E-state index contributed by atoms with van der Waals surface area (Å²) in [7, 11) is 1.63. The minimum Gasteiger partial charge on any atom is -0.394 e. The molecule has 2 fully saturated rings. The maximum atomic E-state index is 14.0. The maximum Gasteiger partial charge on any atom is 0.238 e. The van der Waals surface area contributed by atoms with Crippen molar-refractivity contribution in [3.05, 3.63) is 35.8 Å². The quantitative estimate of drug-likeness (QED) is 0.363. The van der Waals surface area contributed by atoms with Gasteiger partial charge >= 0.3 is 0 Å². The van der Waals surface area contributed by atoms with E-state index in [9.17, 15) is 29.6 Å². The minimum absolute atomic E-state index is 0.228. The summed E-state index contributed by atoms with van der Waals surface area (Å²) < 4.78 is 26.5. The Morgan fingerprint density at radius 1 is 1.29 bits per heavy atom. The van der Waals surface area contributed by atoms with E-state index in [2.05, 4.69) is 10.3 Å². The van der Waals surface area contributed by atoms with Gasteiger partial charge in [0.25, 0.3) is 0 Å². The second-order valence-corrected chi connectivity index (χ2v) is 11.1. The summed E-state index contributed by atoms with van der Waals surface area (Å²) in [5.41, 5.74) is -1.00. The number of hydrogen-bond donors (Lipinski definition) is 4. The average Bonchev–Trinajstić information content (AvgIpc) is 3.37. The molecule has 0 aliphatic carbocycles. The molecule has 2 aromatic rings. The number of carbonyl (C=O) groups excluding carboxylic acids is 1. The summed E-state index contributed by atoms with van der Waals surface area (Å²) in [4.78, 5) is 14.8. The molecule has 210 valence electrons. The van der Waals surface area contributed by atoms with E-state index >= 15 is 0 Å². The van der Waals surface area contributed by atoms with E-state index in [1.807, 2.05) is 6.92 Å². The molecule has 1 unspecified atom stereocenters. The maximum absolute atomic E-state index is 14.0. The lowest BCUT2D eigenvalue weighted by atomic mass is 9.89. The number of halogens is 1. The zero-order valence-corrected chi connectivity index (χ0v) is 22.4. The number of carbonyl (C=O) groups is 1. The molecule has 38 heavy (non-hydrogen) atoms. The molecule has 0 saturated carbocycles. The van der Waals surface area contributed by atoms with Gasteiger partial charge < -0.3 is 34.8 Å². The van der Waals surface area contributed by atoms with Crippen LogP contribution in [0.25, 0.3) is 11.3 Å². The van der Waals surface area contributed by atoms with Gasteiger partial charge in [-0.05, 0) is 37.6 Å². The third kappa shape index (κ3) is 5.88.